The van der Waals surface area contributed by atoms with Gasteiger partial charge in [0.25, 0.3) is 5.56 Å². The minimum absolute atomic E-state index is 0.0873. The molecule has 0 bridgehead atoms. The lowest BCUT2D eigenvalue weighted by atomic mass is 10.2. The molecule has 0 spiro atoms. The molecule has 2 heterocycles. The number of carbonyl (C=O) groups is 1. The lowest BCUT2D eigenvalue weighted by molar-refractivity contribution is -0.121. The molecule has 2 aromatic heterocycles. The third-order valence-electron chi connectivity index (χ3n) is 5.40. The average molecular weight is 448 g/mol. The van der Waals surface area contributed by atoms with Crippen molar-refractivity contribution in [2.24, 2.45) is 0 Å². The lowest BCUT2D eigenvalue weighted by Gasteiger charge is -2.09. The molecule has 0 saturated carbocycles. The molecule has 0 aliphatic heterocycles. The van der Waals surface area contributed by atoms with Crippen LogP contribution in [0.5, 0.6) is 5.75 Å². The summed E-state index contributed by atoms with van der Waals surface area (Å²) in [5, 5.41) is 3.56. The Labute approximate surface area is 190 Å². The molecule has 0 radical (unpaired) electrons. The zero-order valence-electron chi connectivity index (χ0n) is 18.1. The van der Waals surface area contributed by atoms with E-state index in [1.165, 1.54) is 22.2 Å². The Bertz CT molecular complexity index is 1280. The van der Waals surface area contributed by atoms with Gasteiger partial charge in [-0.2, -0.15) is 0 Å². The Balaban J connectivity index is 1.27. The maximum Gasteiger partial charge on any atom is 0.262 e. The second kappa shape index (κ2) is 9.78. The van der Waals surface area contributed by atoms with Crippen molar-refractivity contribution in [1.29, 1.82) is 0 Å². The van der Waals surface area contributed by atoms with Gasteiger partial charge in [-0.1, -0.05) is 42.5 Å². The van der Waals surface area contributed by atoms with Crippen molar-refractivity contribution in [2.75, 3.05) is 0 Å². The number of fused-ring (bicyclic) bond motifs is 1. The molecular formula is C25H25N3O3S. The third kappa shape index (κ3) is 5.06. The molecule has 0 aliphatic rings. The zero-order chi connectivity index (χ0) is 22.5. The summed E-state index contributed by atoms with van der Waals surface area (Å²) in [5.41, 5.74) is 2.98. The van der Waals surface area contributed by atoms with Crippen molar-refractivity contribution in [3.63, 3.8) is 0 Å². The van der Waals surface area contributed by atoms with Gasteiger partial charge in [-0.3, -0.25) is 14.2 Å². The highest BCUT2D eigenvalue weighted by molar-refractivity contribution is 7.18. The Hall–Kier alpha value is -3.45. The Morgan fingerprint density at radius 3 is 2.56 bits per heavy atom. The van der Waals surface area contributed by atoms with Crippen molar-refractivity contribution in [3.05, 3.63) is 92.8 Å². The number of carbonyl (C=O) groups excluding carboxylic acids is 1. The number of ether oxygens (including phenoxy) is 1. The molecule has 0 aliphatic carbocycles. The molecule has 0 fully saturated rings. The number of aryl methyl sites for hydroxylation is 3. The van der Waals surface area contributed by atoms with E-state index in [0.29, 0.717) is 25.1 Å². The minimum Gasteiger partial charge on any atom is -0.489 e. The fourth-order valence-electron chi connectivity index (χ4n) is 3.38. The predicted octanol–water partition coefficient (Wildman–Crippen LogP) is 4.36. The van der Waals surface area contributed by atoms with Gasteiger partial charge in [0.2, 0.25) is 5.91 Å². The van der Waals surface area contributed by atoms with Crippen LogP contribution in [0.1, 0.15) is 28.0 Å². The van der Waals surface area contributed by atoms with E-state index >= 15 is 0 Å². The molecule has 1 N–H and O–H groups in total. The maximum absolute atomic E-state index is 12.7. The van der Waals surface area contributed by atoms with Crippen molar-refractivity contribution in [1.82, 2.24) is 14.9 Å². The van der Waals surface area contributed by atoms with E-state index in [1.807, 2.05) is 68.4 Å². The molecule has 0 unspecified atom stereocenters. The molecule has 4 aromatic rings. The highest BCUT2D eigenvalue weighted by Crippen LogP contribution is 2.25. The first-order valence-corrected chi connectivity index (χ1v) is 11.3. The van der Waals surface area contributed by atoms with Gasteiger partial charge in [-0.25, -0.2) is 4.98 Å². The van der Waals surface area contributed by atoms with E-state index < -0.39 is 0 Å². The van der Waals surface area contributed by atoms with E-state index in [4.69, 9.17) is 4.74 Å². The van der Waals surface area contributed by atoms with Gasteiger partial charge in [0.1, 0.15) is 17.2 Å². The largest absolute Gasteiger partial charge is 0.489 e. The molecule has 0 atom stereocenters. The molecule has 164 valence electrons. The smallest absolute Gasteiger partial charge is 0.262 e. The second-order valence-electron chi connectivity index (χ2n) is 7.65. The highest BCUT2D eigenvalue weighted by atomic mass is 32.1. The number of aromatic nitrogens is 2. The number of nitrogens with one attached hydrogen (secondary N) is 1. The van der Waals surface area contributed by atoms with Crippen LogP contribution in [0.3, 0.4) is 0 Å². The first-order valence-electron chi connectivity index (χ1n) is 10.5. The summed E-state index contributed by atoms with van der Waals surface area (Å²) < 4.78 is 7.30. The molecule has 4 rings (SSSR count). The number of hydrogen-bond donors (Lipinski definition) is 1. The van der Waals surface area contributed by atoms with Crippen molar-refractivity contribution >= 4 is 27.5 Å². The minimum atomic E-state index is -0.111. The molecule has 1 amide bonds. The molecular weight excluding hydrogens is 422 g/mol. The Morgan fingerprint density at radius 2 is 1.81 bits per heavy atom. The van der Waals surface area contributed by atoms with E-state index in [1.54, 1.807) is 0 Å². The van der Waals surface area contributed by atoms with Crippen LogP contribution in [0.4, 0.5) is 0 Å². The summed E-state index contributed by atoms with van der Waals surface area (Å²) in [6, 6.07) is 17.7. The fraction of sp³-hybridized carbons (Fsp3) is 0.240. The van der Waals surface area contributed by atoms with Gasteiger partial charge in [-0.15, -0.1) is 11.3 Å². The fourth-order valence-corrected chi connectivity index (χ4v) is 4.37. The van der Waals surface area contributed by atoms with Crippen molar-refractivity contribution in [3.8, 4) is 5.75 Å². The van der Waals surface area contributed by atoms with Crippen molar-refractivity contribution < 1.29 is 9.53 Å². The SMILES string of the molecule is Cc1sc2ncn(CCC(=O)NCc3ccc(OCc4ccccc4)cc3)c(=O)c2c1C. The van der Waals surface area contributed by atoms with Crippen LogP contribution in [0, 0.1) is 13.8 Å². The lowest BCUT2D eigenvalue weighted by Crippen LogP contribution is -2.27. The van der Waals surface area contributed by atoms with E-state index in [0.717, 1.165) is 32.1 Å². The zero-order valence-corrected chi connectivity index (χ0v) is 18.9. The summed E-state index contributed by atoms with van der Waals surface area (Å²) in [5.74, 6) is 0.671. The molecule has 0 saturated heterocycles. The summed E-state index contributed by atoms with van der Waals surface area (Å²) in [7, 11) is 0. The van der Waals surface area contributed by atoms with Gasteiger partial charge < -0.3 is 10.1 Å². The monoisotopic (exact) mass is 447 g/mol. The number of rotatable bonds is 8. The maximum atomic E-state index is 12.7. The van der Waals surface area contributed by atoms with Gasteiger partial charge in [-0.05, 0) is 42.7 Å². The summed E-state index contributed by atoms with van der Waals surface area (Å²) in [4.78, 5) is 31.2. The van der Waals surface area contributed by atoms with E-state index in [2.05, 4.69) is 10.3 Å². The predicted molar refractivity (Wildman–Crippen MR) is 127 cm³/mol. The standard InChI is InChI=1S/C25H25N3O3S/c1-17-18(2)32-24-23(17)25(30)28(16-27-24)13-12-22(29)26-14-19-8-10-21(11-9-19)31-15-20-6-4-3-5-7-20/h3-11,16H,12-15H2,1-2H3,(H,26,29). The van der Waals surface area contributed by atoms with Crippen molar-refractivity contribution in [2.45, 2.75) is 40.0 Å². The number of amides is 1. The number of nitrogens with zero attached hydrogens (tertiary/aromatic N) is 2. The van der Waals surface area contributed by atoms with Crippen LogP contribution >= 0.6 is 11.3 Å². The third-order valence-corrected chi connectivity index (χ3v) is 6.51. The van der Waals surface area contributed by atoms with E-state index in [9.17, 15) is 9.59 Å². The summed E-state index contributed by atoms with van der Waals surface area (Å²) in [6.07, 6.45) is 1.75. The molecule has 7 heteroatoms. The first kappa shape index (κ1) is 21.8. The van der Waals surface area contributed by atoms with Gasteiger partial charge in [0, 0.05) is 24.4 Å². The van der Waals surface area contributed by atoms with E-state index in [-0.39, 0.29) is 17.9 Å². The molecule has 2 aromatic carbocycles. The first-order chi connectivity index (χ1) is 15.5. The normalized spacial score (nSPS) is 10.9. The van der Waals surface area contributed by atoms with Gasteiger partial charge in [0.05, 0.1) is 11.7 Å². The average Bonchev–Trinajstić information content (AvgIpc) is 3.11. The topological polar surface area (TPSA) is 73.2 Å². The Morgan fingerprint density at radius 1 is 1.06 bits per heavy atom. The van der Waals surface area contributed by atoms with Crippen LogP contribution in [-0.2, 0) is 24.5 Å². The number of benzene rings is 2. The van der Waals surface area contributed by atoms with Gasteiger partial charge >= 0.3 is 0 Å². The summed E-state index contributed by atoms with van der Waals surface area (Å²) in [6.45, 7) is 5.16. The van der Waals surface area contributed by atoms with Crippen LogP contribution in [0.2, 0.25) is 0 Å². The van der Waals surface area contributed by atoms with Crippen LogP contribution < -0.4 is 15.6 Å². The second-order valence-corrected chi connectivity index (χ2v) is 8.85. The van der Waals surface area contributed by atoms with Crippen LogP contribution in [0.25, 0.3) is 10.2 Å². The molecule has 6 nitrogen and oxygen atoms in total. The number of thiophene rings is 1. The van der Waals surface area contributed by atoms with Gasteiger partial charge in [0.15, 0.2) is 0 Å². The molecule has 32 heavy (non-hydrogen) atoms. The quantitative estimate of drug-likeness (QED) is 0.436. The van der Waals surface area contributed by atoms with Crippen LogP contribution in [-0.4, -0.2) is 15.5 Å². The summed E-state index contributed by atoms with van der Waals surface area (Å²) >= 11 is 1.52. The number of hydrogen-bond acceptors (Lipinski definition) is 5. The Kier molecular flexibility index (Phi) is 6.66. The highest BCUT2D eigenvalue weighted by Gasteiger charge is 2.12. The van der Waals surface area contributed by atoms with Crippen LogP contribution in [0.15, 0.2) is 65.7 Å².